The lowest BCUT2D eigenvalue weighted by molar-refractivity contribution is 0.0101. The molecule has 0 fully saturated rings. The molecule has 0 saturated heterocycles. The standard InChI is InChI=1S/C10H10N2O/c13-12-7-6-11-10(8-12)9-4-2-1-3-5-9/h1-8,11,13H. The number of nitrogens with one attached hydrogen (secondary N) is 1. The first kappa shape index (κ1) is 7.89. The van der Waals surface area contributed by atoms with Gasteiger partial charge >= 0.3 is 0 Å². The molecule has 0 amide bonds. The lowest BCUT2D eigenvalue weighted by atomic mass is 10.1. The first-order valence-electron chi connectivity index (χ1n) is 4.04. The van der Waals surface area contributed by atoms with Crippen LogP contribution in [0.15, 0.2) is 48.9 Å². The summed E-state index contributed by atoms with van der Waals surface area (Å²) in [6.07, 6.45) is 4.84. The normalized spacial score (nSPS) is 15.2. The highest BCUT2D eigenvalue weighted by Crippen LogP contribution is 2.13. The van der Waals surface area contributed by atoms with Crippen molar-refractivity contribution < 1.29 is 5.21 Å². The molecular weight excluding hydrogens is 164 g/mol. The van der Waals surface area contributed by atoms with Gasteiger partial charge in [0.15, 0.2) is 0 Å². The van der Waals surface area contributed by atoms with Crippen molar-refractivity contribution in [2.24, 2.45) is 0 Å². The van der Waals surface area contributed by atoms with Gasteiger partial charge in [-0.2, -0.15) is 0 Å². The number of benzene rings is 1. The number of hydrogen-bond acceptors (Lipinski definition) is 3. The third kappa shape index (κ3) is 1.71. The molecule has 0 saturated carbocycles. The van der Waals surface area contributed by atoms with Crippen molar-refractivity contribution in [1.82, 2.24) is 10.4 Å². The molecule has 0 bridgehead atoms. The summed E-state index contributed by atoms with van der Waals surface area (Å²) >= 11 is 0. The van der Waals surface area contributed by atoms with Crippen LogP contribution in [0.5, 0.6) is 0 Å². The summed E-state index contributed by atoms with van der Waals surface area (Å²) in [4.78, 5) is 0. The zero-order valence-corrected chi connectivity index (χ0v) is 7.01. The van der Waals surface area contributed by atoms with E-state index in [0.717, 1.165) is 16.3 Å². The Labute approximate surface area is 76.6 Å². The fourth-order valence-corrected chi connectivity index (χ4v) is 1.19. The average molecular weight is 174 g/mol. The van der Waals surface area contributed by atoms with Crippen LogP contribution in [0, 0.1) is 0 Å². The minimum atomic E-state index is 0.880. The van der Waals surface area contributed by atoms with Crippen LogP contribution in [-0.4, -0.2) is 10.3 Å². The zero-order valence-electron chi connectivity index (χ0n) is 7.01. The van der Waals surface area contributed by atoms with Crippen LogP contribution >= 0.6 is 0 Å². The highest BCUT2D eigenvalue weighted by molar-refractivity contribution is 5.64. The molecule has 3 heteroatoms. The lowest BCUT2D eigenvalue weighted by Gasteiger charge is -2.16. The van der Waals surface area contributed by atoms with E-state index in [2.05, 4.69) is 5.32 Å². The smallest absolute Gasteiger partial charge is 0.0644 e. The number of hydrogen-bond donors (Lipinski definition) is 2. The maximum atomic E-state index is 9.17. The molecule has 0 spiro atoms. The molecule has 1 aliphatic rings. The van der Waals surface area contributed by atoms with Gasteiger partial charge in [-0.1, -0.05) is 30.3 Å². The largest absolute Gasteiger partial charge is 0.358 e. The van der Waals surface area contributed by atoms with Crippen LogP contribution < -0.4 is 5.32 Å². The molecule has 2 N–H and O–H groups in total. The molecular formula is C10H10N2O. The van der Waals surface area contributed by atoms with E-state index in [9.17, 15) is 5.21 Å². The van der Waals surface area contributed by atoms with E-state index in [1.807, 2.05) is 30.3 Å². The highest BCUT2D eigenvalue weighted by Gasteiger charge is 2.03. The van der Waals surface area contributed by atoms with Gasteiger partial charge in [-0.15, -0.1) is 0 Å². The molecule has 0 atom stereocenters. The van der Waals surface area contributed by atoms with E-state index in [4.69, 9.17) is 0 Å². The van der Waals surface area contributed by atoms with Gasteiger partial charge in [0, 0.05) is 12.4 Å². The molecule has 2 rings (SSSR count). The topological polar surface area (TPSA) is 35.5 Å². The van der Waals surface area contributed by atoms with E-state index in [0.29, 0.717) is 0 Å². The molecule has 1 aromatic carbocycles. The van der Waals surface area contributed by atoms with Gasteiger partial charge in [0.2, 0.25) is 0 Å². The fraction of sp³-hybridized carbons (Fsp3) is 0. The van der Waals surface area contributed by atoms with E-state index in [1.165, 1.54) is 6.20 Å². The number of rotatable bonds is 1. The molecule has 1 aromatic rings. The maximum Gasteiger partial charge on any atom is 0.0644 e. The Kier molecular flexibility index (Phi) is 2.02. The quantitative estimate of drug-likeness (QED) is 0.680. The van der Waals surface area contributed by atoms with E-state index in [-0.39, 0.29) is 0 Å². The predicted octanol–water partition coefficient (Wildman–Crippen LogP) is 1.75. The maximum absolute atomic E-state index is 9.17. The van der Waals surface area contributed by atoms with Crippen molar-refractivity contribution in [2.75, 3.05) is 0 Å². The van der Waals surface area contributed by atoms with Gasteiger partial charge in [-0.3, -0.25) is 5.21 Å². The van der Waals surface area contributed by atoms with E-state index >= 15 is 0 Å². The van der Waals surface area contributed by atoms with Crippen LogP contribution in [0.1, 0.15) is 5.56 Å². The van der Waals surface area contributed by atoms with Crippen LogP contribution in [0.4, 0.5) is 0 Å². The van der Waals surface area contributed by atoms with Crippen molar-refractivity contribution in [3.63, 3.8) is 0 Å². The Morgan fingerprint density at radius 2 is 1.92 bits per heavy atom. The summed E-state index contributed by atoms with van der Waals surface area (Å²) in [5.41, 5.74) is 1.93. The Morgan fingerprint density at radius 1 is 1.15 bits per heavy atom. The zero-order chi connectivity index (χ0) is 9.10. The van der Waals surface area contributed by atoms with Gasteiger partial charge in [0.05, 0.1) is 11.9 Å². The van der Waals surface area contributed by atoms with Crippen LogP contribution in [0.2, 0.25) is 0 Å². The van der Waals surface area contributed by atoms with Crippen molar-refractivity contribution in [2.45, 2.75) is 0 Å². The number of hydroxylamine groups is 2. The molecule has 1 heterocycles. The molecule has 0 aliphatic carbocycles. The SMILES string of the molecule is ON1C=CNC(c2ccccc2)=C1. The Balaban J connectivity index is 2.28. The van der Waals surface area contributed by atoms with Gasteiger partial charge in [-0.05, 0) is 5.56 Å². The van der Waals surface area contributed by atoms with Gasteiger partial charge in [0.1, 0.15) is 0 Å². The summed E-state index contributed by atoms with van der Waals surface area (Å²) < 4.78 is 0. The highest BCUT2D eigenvalue weighted by atomic mass is 16.5. The lowest BCUT2D eigenvalue weighted by Crippen LogP contribution is -2.16. The van der Waals surface area contributed by atoms with E-state index in [1.54, 1.807) is 12.4 Å². The Morgan fingerprint density at radius 3 is 2.62 bits per heavy atom. The van der Waals surface area contributed by atoms with E-state index < -0.39 is 0 Å². The van der Waals surface area contributed by atoms with Crippen molar-refractivity contribution in [1.29, 1.82) is 0 Å². The third-order valence-electron chi connectivity index (χ3n) is 1.81. The molecule has 3 nitrogen and oxygen atoms in total. The monoisotopic (exact) mass is 174 g/mol. The summed E-state index contributed by atoms with van der Waals surface area (Å²) in [5, 5.41) is 13.2. The minimum Gasteiger partial charge on any atom is -0.358 e. The van der Waals surface area contributed by atoms with Gasteiger partial charge in [-0.25, -0.2) is 5.06 Å². The molecule has 0 unspecified atom stereocenters. The fourth-order valence-electron chi connectivity index (χ4n) is 1.19. The minimum absolute atomic E-state index is 0.880. The average Bonchev–Trinajstić information content (AvgIpc) is 2.19. The van der Waals surface area contributed by atoms with Gasteiger partial charge in [0.25, 0.3) is 0 Å². The van der Waals surface area contributed by atoms with Crippen molar-refractivity contribution >= 4 is 5.70 Å². The molecule has 66 valence electrons. The van der Waals surface area contributed by atoms with Crippen LogP contribution in [-0.2, 0) is 0 Å². The second-order valence-corrected chi connectivity index (χ2v) is 2.75. The van der Waals surface area contributed by atoms with Crippen molar-refractivity contribution in [3.05, 3.63) is 54.5 Å². The second-order valence-electron chi connectivity index (χ2n) is 2.75. The third-order valence-corrected chi connectivity index (χ3v) is 1.81. The summed E-state index contributed by atoms with van der Waals surface area (Å²) in [6, 6.07) is 9.83. The molecule has 1 aliphatic heterocycles. The van der Waals surface area contributed by atoms with Crippen molar-refractivity contribution in [3.8, 4) is 0 Å². The van der Waals surface area contributed by atoms with Crippen LogP contribution in [0.3, 0.4) is 0 Å². The first-order valence-corrected chi connectivity index (χ1v) is 4.04. The van der Waals surface area contributed by atoms with Crippen LogP contribution in [0.25, 0.3) is 5.70 Å². The predicted molar refractivity (Wildman–Crippen MR) is 50.3 cm³/mol. The summed E-state index contributed by atoms with van der Waals surface area (Å²) in [7, 11) is 0. The Hall–Kier alpha value is -1.74. The first-order chi connectivity index (χ1) is 6.36. The van der Waals surface area contributed by atoms with Gasteiger partial charge < -0.3 is 5.32 Å². The number of nitrogens with zero attached hydrogens (tertiary/aromatic N) is 1. The summed E-state index contributed by atoms with van der Waals surface area (Å²) in [6.45, 7) is 0. The Bertz CT molecular complexity index is 343. The summed E-state index contributed by atoms with van der Waals surface area (Å²) in [5.74, 6) is 0. The molecule has 0 radical (unpaired) electrons. The molecule has 0 aromatic heterocycles. The molecule has 13 heavy (non-hydrogen) atoms. The second kappa shape index (κ2) is 3.33.